The molecule has 0 radical (unpaired) electrons. The molecule has 1 atom stereocenters. The highest BCUT2D eigenvalue weighted by molar-refractivity contribution is 6.00. The number of nitrogens with one attached hydrogen (secondary N) is 1. The van der Waals surface area contributed by atoms with Gasteiger partial charge in [0.2, 0.25) is 0 Å². The number of aryl methyl sites for hydroxylation is 1. The van der Waals surface area contributed by atoms with E-state index in [4.69, 9.17) is 5.11 Å². The van der Waals surface area contributed by atoms with Crippen LogP contribution < -0.4 is 5.32 Å². The number of aliphatic carboxylic acids is 1. The number of hydrogen-bond donors (Lipinski definition) is 2. The summed E-state index contributed by atoms with van der Waals surface area (Å²) in [6.45, 7) is 1.63. The van der Waals surface area contributed by atoms with Gasteiger partial charge >= 0.3 is 5.97 Å². The second-order valence-electron chi connectivity index (χ2n) is 4.85. The summed E-state index contributed by atoms with van der Waals surface area (Å²) in [5, 5.41) is 15.6. The van der Waals surface area contributed by atoms with Gasteiger partial charge in [0.05, 0.1) is 23.4 Å². The van der Waals surface area contributed by atoms with Crippen molar-refractivity contribution in [2.75, 3.05) is 6.54 Å². The van der Waals surface area contributed by atoms with Gasteiger partial charge in [-0.1, -0.05) is 37.3 Å². The standard InChI is InChI=1S/C15H17N3O3/c1-10(15(20)21)8-16-14(19)12-9-17-18(2)13(12)11-6-4-3-5-7-11/h3-7,9-10H,8H2,1-2H3,(H,16,19)(H,20,21). The number of benzene rings is 1. The maximum Gasteiger partial charge on any atom is 0.308 e. The van der Waals surface area contributed by atoms with Gasteiger partial charge in [-0.2, -0.15) is 5.10 Å². The smallest absolute Gasteiger partial charge is 0.308 e. The summed E-state index contributed by atoms with van der Waals surface area (Å²) in [7, 11) is 1.76. The fraction of sp³-hybridized carbons (Fsp3) is 0.267. The number of carboxylic acid groups (broad SMARTS) is 1. The number of rotatable bonds is 5. The van der Waals surface area contributed by atoms with Gasteiger partial charge in [-0.3, -0.25) is 14.3 Å². The summed E-state index contributed by atoms with van der Waals surface area (Å²) < 4.78 is 1.63. The molecule has 0 saturated heterocycles. The fourth-order valence-electron chi connectivity index (χ4n) is 1.97. The van der Waals surface area contributed by atoms with E-state index in [2.05, 4.69) is 10.4 Å². The molecule has 1 amide bonds. The number of nitrogens with zero attached hydrogens (tertiary/aromatic N) is 2. The molecule has 0 fully saturated rings. The van der Waals surface area contributed by atoms with E-state index >= 15 is 0 Å². The van der Waals surface area contributed by atoms with Gasteiger partial charge in [0.1, 0.15) is 0 Å². The Labute approximate surface area is 122 Å². The number of amides is 1. The summed E-state index contributed by atoms with van der Waals surface area (Å²) in [6.07, 6.45) is 1.49. The van der Waals surface area contributed by atoms with Crippen LogP contribution in [0.5, 0.6) is 0 Å². The van der Waals surface area contributed by atoms with Gasteiger partial charge in [0, 0.05) is 19.2 Å². The minimum Gasteiger partial charge on any atom is -0.481 e. The van der Waals surface area contributed by atoms with Crippen LogP contribution in [-0.2, 0) is 11.8 Å². The van der Waals surface area contributed by atoms with E-state index in [0.29, 0.717) is 11.3 Å². The highest BCUT2D eigenvalue weighted by atomic mass is 16.4. The highest BCUT2D eigenvalue weighted by Gasteiger charge is 2.19. The largest absolute Gasteiger partial charge is 0.481 e. The van der Waals surface area contributed by atoms with Crippen LogP contribution in [0.2, 0.25) is 0 Å². The van der Waals surface area contributed by atoms with Gasteiger partial charge in [0.15, 0.2) is 0 Å². The molecule has 1 aromatic heterocycles. The van der Waals surface area contributed by atoms with Crippen LogP contribution in [0.3, 0.4) is 0 Å². The van der Waals surface area contributed by atoms with Crippen LogP contribution in [0.15, 0.2) is 36.5 Å². The van der Waals surface area contributed by atoms with Gasteiger partial charge < -0.3 is 10.4 Å². The molecule has 1 unspecified atom stereocenters. The van der Waals surface area contributed by atoms with Crippen molar-refractivity contribution in [1.82, 2.24) is 15.1 Å². The summed E-state index contributed by atoms with van der Waals surface area (Å²) in [4.78, 5) is 23.0. The minimum atomic E-state index is -0.940. The number of carboxylic acids is 1. The molecule has 0 spiro atoms. The van der Waals surface area contributed by atoms with Crippen molar-refractivity contribution >= 4 is 11.9 Å². The molecule has 2 aromatic rings. The van der Waals surface area contributed by atoms with E-state index in [1.807, 2.05) is 30.3 Å². The van der Waals surface area contributed by atoms with Gasteiger partial charge in [-0.25, -0.2) is 0 Å². The van der Waals surface area contributed by atoms with Crippen LogP contribution >= 0.6 is 0 Å². The van der Waals surface area contributed by atoms with Crippen LogP contribution in [0.4, 0.5) is 0 Å². The Hall–Kier alpha value is -2.63. The lowest BCUT2D eigenvalue weighted by Gasteiger charge is -2.09. The molecule has 6 heteroatoms. The molecular formula is C15H17N3O3. The first kappa shape index (κ1) is 14.8. The Morgan fingerprint density at radius 2 is 2.00 bits per heavy atom. The van der Waals surface area contributed by atoms with Crippen molar-refractivity contribution < 1.29 is 14.7 Å². The minimum absolute atomic E-state index is 0.0806. The molecule has 0 aliphatic carbocycles. The summed E-state index contributed by atoms with van der Waals surface area (Å²) in [5.41, 5.74) is 2.02. The first-order valence-electron chi connectivity index (χ1n) is 6.59. The quantitative estimate of drug-likeness (QED) is 0.873. The molecule has 2 N–H and O–H groups in total. The van der Waals surface area contributed by atoms with Crippen molar-refractivity contribution in [2.24, 2.45) is 13.0 Å². The van der Waals surface area contributed by atoms with Crippen molar-refractivity contribution in [1.29, 1.82) is 0 Å². The third kappa shape index (κ3) is 3.28. The SMILES string of the molecule is CC(CNC(=O)c1cnn(C)c1-c1ccccc1)C(=O)O. The van der Waals surface area contributed by atoms with Crippen molar-refractivity contribution in [3.63, 3.8) is 0 Å². The molecule has 2 rings (SSSR count). The van der Waals surface area contributed by atoms with Crippen molar-refractivity contribution in [2.45, 2.75) is 6.92 Å². The van der Waals surface area contributed by atoms with Crippen molar-refractivity contribution in [3.8, 4) is 11.3 Å². The monoisotopic (exact) mass is 287 g/mol. The molecule has 0 bridgehead atoms. The van der Waals surface area contributed by atoms with E-state index in [-0.39, 0.29) is 12.5 Å². The lowest BCUT2D eigenvalue weighted by atomic mass is 10.1. The first-order valence-corrected chi connectivity index (χ1v) is 6.59. The summed E-state index contributed by atoms with van der Waals surface area (Å²) >= 11 is 0. The Bertz CT molecular complexity index is 649. The molecule has 0 aliphatic rings. The zero-order valence-corrected chi connectivity index (χ0v) is 11.9. The number of aromatic nitrogens is 2. The van der Waals surface area contributed by atoms with E-state index in [1.165, 1.54) is 6.20 Å². The van der Waals surface area contributed by atoms with E-state index < -0.39 is 11.9 Å². The fourth-order valence-corrected chi connectivity index (χ4v) is 1.97. The third-order valence-electron chi connectivity index (χ3n) is 3.22. The van der Waals surface area contributed by atoms with Gasteiger partial charge in [-0.15, -0.1) is 0 Å². The topological polar surface area (TPSA) is 84.2 Å². The second kappa shape index (κ2) is 6.21. The Morgan fingerprint density at radius 3 is 2.62 bits per heavy atom. The predicted octanol–water partition coefficient (Wildman–Crippen LogP) is 1.54. The molecule has 110 valence electrons. The average molecular weight is 287 g/mol. The molecule has 6 nitrogen and oxygen atoms in total. The van der Waals surface area contributed by atoms with Crippen LogP contribution in [0.1, 0.15) is 17.3 Å². The number of carbonyl (C=O) groups is 2. The van der Waals surface area contributed by atoms with Crippen LogP contribution in [-0.4, -0.2) is 33.3 Å². The Morgan fingerprint density at radius 1 is 1.33 bits per heavy atom. The number of hydrogen-bond acceptors (Lipinski definition) is 3. The zero-order valence-electron chi connectivity index (χ0n) is 11.9. The molecule has 0 aliphatic heterocycles. The predicted molar refractivity (Wildman–Crippen MR) is 77.8 cm³/mol. The van der Waals surface area contributed by atoms with Gasteiger partial charge in [0.25, 0.3) is 5.91 Å². The zero-order chi connectivity index (χ0) is 15.4. The summed E-state index contributed by atoms with van der Waals surface area (Å²) in [5.74, 6) is -1.90. The highest BCUT2D eigenvalue weighted by Crippen LogP contribution is 2.22. The number of carbonyl (C=O) groups excluding carboxylic acids is 1. The van der Waals surface area contributed by atoms with Crippen LogP contribution in [0.25, 0.3) is 11.3 Å². The maximum atomic E-state index is 12.2. The molecule has 0 saturated carbocycles. The van der Waals surface area contributed by atoms with Crippen molar-refractivity contribution in [3.05, 3.63) is 42.1 Å². The average Bonchev–Trinajstić information content (AvgIpc) is 2.87. The summed E-state index contributed by atoms with van der Waals surface area (Å²) in [6, 6.07) is 9.46. The lowest BCUT2D eigenvalue weighted by molar-refractivity contribution is -0.140. The third-order valence-corrected chi connectivity index (χ3v) is 3.22. The molecule has 21 heavy (non-hydrogen) atoms. The van der Waals surface area contributed by atoms with Gasteiger partial charge in [-0.05, 0) is 0 Å². The van der Waals surface area contributed by atoms with E-state index in [9.17, 15) is 9.59 Å². The van der Waals surface area contributed by atoms with E-state index in [1.54, 1.807) is 18.7 Å². The molecule has 1 aromatic carbocycles. The normalized spacial score (nSPS) is 11.9. The molecular weight excluding hydrogens is 270 g/mol. The lowest BCUT2D eigenvalue weighted by Crippen LogP contribution is -2.31. The van der Waals surface area contributed by atoms with E-state index in [0.717, 1.165) is 5.56 Å². The second-order valence-corrected chi connectivity index (χ2v) is 4.85. The first-order chi connectivity index (χ1) is 10.0. The Balaban J connectivity index is 2.21. The van der Waals surface area contributed by atoms with Crippen LogP contribution in [0, 0.1) is 5.92 Å². The molecule has 1 heterocycles. The maximum absolute atomic E-state index is 12.2. The Kier molecular flexibility index (Phi) is 4.37.